The minimum Gasteiger partial charge on any atom is -0.512 e. The SMILES string of the molecule is CC(=O)/C=C(/C)O.C[Si](C)(C)c1cc(-c2ncnc3c2CCc2cncnc2-3)[c-]c2ccccc12.[Ir]. The van der Waals surface area contributed by atoms with Gasteiger partial charge in [0.05, 0.1) is 25.2 Å². The molecule has 0 saturated heterocycles. The van der Waals surface area contributed by atoms with Gasteiger partial charge in [-0.1, -0.05) is 48.8 Å². The van der Waals surface area contributed by atoms with Crippen LogP contribution < -0.4 is 5.19 Å². The van der Waals surface area contributed by atoms with E-state index in [1.54, 1.807) is 12.7 Å². The Hall–Kier alpha value is -3.06. The Balaban J connectivity index is 0.000000400. The first-order valence-corrected chi connectivity index (χ1v) is 15.1. The van der Waals surface area contributed by atoms with Crippen LogP contribution >= 0.6 is 0 Å². The van der Waals surface area contributed by atoms with Gasteiger partial charge in [0.2, 0.25) is 0 Å². The van der Waals surface area contributed by atoms with E-state index in [9.17, 15) is 4.79 Å². The fourth-order valence-corrected chi connectivity index (χ4v) is 5.98. The number of aliphatic hydroxyl groups excluding tert-OH is 1. The van der Waals surface area contributed by atoms with Crippen LogP contribution in [0.3, 0.4) is 0 Å². The van der Waals surface area contributed by atoms with Crippen molar-refractivity contribution in [3.8, 4) is 22.6 Å². The molecule has 0 saturated carbocycles. The summed E-state index contributed by atoms with van der Waals surface area (Å²) in [6.45, 7) is 10.0. The smallest absolute Gasteiger partial charge is 0.155 e. The summed E-state index contributed by atoms with van der Waals surface area (Å²) in [4.78, 5) is 28.0. The van der Waals surface area contributed by atoms with Gasteiger partial charge in [0.1, 0.15) is 12.7 Å². The first kappa shape index (κ1) is 27.5. The summed E-state index contributed by atoms with van der Waals surface area (Å²) in [6.07, 6.45) is 8.13. The minimum absolute atomic E-state index is 0. The number of aliphatic hydroxyl groups is 1. The molecule has 36 heavy (non-hydrogen) atoms. The number of aromatic nitrogens is 4. The fourth-order valence-electron chi connectivity index (χ4n) is 4.37. The fraction of sp³-hybridized carbons (Fsp3) is 0.250. The van der Waals surface area contributed by atoms with Crippen LogP contribution in [0.2, 0.25) is 19.6 Å². The van der Waals surface area contributed by atoms with Crippen LogP contribution in [0.5, 0.6) is 0 Å². The third-order valence-corrected chi connectivity index (χ3v) is 7.88. The number of rotatable bonds is 3. The van der Waals surface area contributed by atoms with Crippen LogP contribution in [0, 0.1) is 6.07 Å². The van der Waals surface area contributed by atoms with Gasteiger partial charge in [-0.3, -0.25) is 9.78 Å². The summed E-state index contributed by atoms with van der Waals surface area (Å²) < 4.78 is 0. The average Bonchev–Trinajstić information content (AvgIpc) is 2.81. The first-order valence-electron chi connectivity index (χ1n) is 11.6. The van der Waals surface area contributed by atoms with Crippen molar-refractivity contribution in [2.24, 2.45) is 0 Å². The third kappa shape index (κ3) is 6.01. The second-order valence-corrected chi connectivity index (χ2v) is 14.8. The first-order chi connectivity index (χ1) is 16.6. The molecule has 2 aromatic heterocycles. The van der Waals surface area contributed by atoms with E-state index in [1.807, 2.05) is 6.20 Å². The molecule has 0 unspecified atom stereocenters. The van der Waals surface area contributed by atoms with Gasteiger partial charge < -0.3 is 5.11 Å². The van der Waals surface area contributed by atoms with Gasteiger partial charge in [-0.05, 0) is 37.8 Å². The second-order valence-electron chi connectivity index (χ2n) is 9.73. The van der Waals surface area contributed by atoms with E-state index < -0.39 is 8.07 Å². The average molecular weight is 674 g/mol. The van der Waals surface area contributed by atoms with E-state index in [-0.39, 0.29) is 31.6 Å². The second kappa shape index (κ2) is 11.3. The van der Waals surface area contributed by atoms with Gasteiger partial charge in [-0.25, -0.2) is 15.0 Å². The topological polar surface area (TPSA) is 88.9 Å². The van der Waals surface area contributed by atoms with Crippen molar-refractivity contribution >= 4 is 29.8 Å². The molecule has 6 nitrogen and oxygen atoms in total. The Labute approximate surface area is 226 Å². The number of fused-ring (bicyclic) bond motifs is 4. The van der Waals surface area contributed by atoms with Crippen molar-refractivity contribution in [1.82, 2.24) is 19.9 Å². The standard InChI is InChI=1S/C23H21N4Si.C5H8O2.Ir/c1-28(2,3)20-11-17(10-15-6-4-5-7-18(15)20)21-19-9-8-16-12-24-13-25-22(16)23(19)27-14-26-21;1-4(6)3-5(2)7;/h4-7,11-14H,8-9H2,1-3H3;3,6H,1-2H3;/q-1;;/b;4-3-;. The number of allylic oxidation sites excluding steroid dienone is 2. The summed E-state index contributed by atoms with van der Waals surface area (Å²) in [5, 5.41) is 12.3. The van der Waals surface area contributed by atoms with Crippen molar-refractivity contribution in [1.29, 1.82) is 0 Å². The molecule has 2 heterocycles. The number of carbonyl (C=O) groups excluding carboxylic acids is 1. The molecule has 0 amide bonds. The zero-order chi connectivity index (χ0) is 25.2. The molecule has 0 spiro atoms. The van der Waals surface area contributed by atoms with Crippen LogP contribution in [0.1, 0.15) is 25.0 Å². The molecule has 0 atom stereocenters. The molecule has 1 N–H and O–H groups in total. The maximum Gasteiger partial charge on any atom is 0.155 e. The molecule has 1 aliphatic carbocycles. The van der Waals surface area contributed by atoms with E-state index in [0.717, 1.165) is 46.4 Å². The molecule has 8 heteroatoms. The van der Waals surface area contributed by atoms with Gasteiger partial charge in [0, 0.05) is 38.1 Å². The third-order valence-electron chi connectivity index (χ3n) is 5.85. The predicted molar refractivity (Wildman–Crippen MR) is 142 cm³/mol. The largest absolute Gasteiger partial charge is 0.512 e. The van der Waals surface area contributed by atoms with Crippen LogP contribution in [0.15, 0.2) is 61.0 Å². The van der Waals surface area contributed by atoms with Crippen molar-refractivity contribution < 1.29 is 30.0 Å². The summed E-state index contributed by atoms with van der Waals surface area (Å²) in [5.41, 5.74) is 6.24. The number of carbonyl (C=O) groups is 1. The number of hydrogen-bond acceptors (Lipinski definition) is 6. The minimum atomic E-state index is -1.54. The van der Waals surface area contributed by atoms with E-state index in [2.05, 4.69) is 71.0 Å². The molecular formula is C28H29IrN4O2Si-. The van der Waals surface area contributed by atoms with Crippen molar-refractivity contribution in [3.63, 3.8) is 0 Å². The van der Waals surface area contributed by atoms with Gasteiger partial charge >= 0.3 is 0 Å². The van der Waals surface area contributed by atoms with Gasteiger partial charge in [-0.15, -0.1) is 28.8 Å². The van der Waals surface area contributed by atoms with Crippen LogP contribution in [-0.2, 0) is 37.7 Å². The molecule has 5 rings (SSSR count). The summed E-state index contributed by atoms with van der Waals surface area (Å²) in [5.74, 6) is -0.0625. The number of aryl methyl sites for hydroxylation is 1. The van der Waals surface area contributed by atoms with Gasteiger partial charge in [-0.2, -0.15) is 0 Å². The molecule has 4 aromatic rings. The maximum atomic E-state index is 10.0. The number of benzene rings is 2. The van der Waals surface area contributed by atoms with E-state index >= 15 is 0 Å². The molecule has 1 aliphatic rings. The number of hydrogen-bond donors (Lipinski definition) is 1. The molecule has 0 fully saturated rings. The number of nitrogens with zero attached hydrogens (tertiary/aromatic N) is 4. The zero-order valence-electron chi connectivity index (χ0n) is 21.1. The van der Waals surface area contributed by atoms with Crippen LogP contribution in [0.4, 0.5) is 0 Å². The van der Waals surface area contributed by atoms with Gasteiger partial charge in [0.15, 0.2) is 5.78 Å². The van der Waals surface area contributed by atoms with Crippen LogP contribution in [0.25, 0.3) is 33.4 Å². The Morgan fingerprint density at radius 2 is 1.69 bits per heavy atom. The van der Waals surface area contributed by atoms with E-state index in [4.69, 9.17) is 10.1 Å². The molecule has 1 radical (unpaired) electrons. The molecule has 0 aliphatic heterocycles. The van der Waals surface area contributed by atoms with Crippen LogP contribution in [-0.4, -0.2) is 38.9 Å². The Kier molecular flexibility index (Phi) is 8.66. The molecule has 187 valence electrons. The summed E-state index contributed by atoms with van der Waals surface area (Å²) in [6, 6.07) is 14.5. The Morgan fingerprint density at radius 1 is 1.00 bits per heavy atom. The zero-order valence-corrected chi connectivity index (χ0v) is 24.5. The molecule has 0 bridgehead atoms. The van der Waals surface area contributed by atoms with Crippen molar-refractivity contribution in [2.45, 2.75) is 46.3 Å². The summed E-state index contributed by atoms with van der Waals surface area (Å²) in [7, 11) is -1.54. The van der Waals surface area contributed by atoms with E-state index in [1.165, 1.54) is 36.1 Å². The normalized spacial score (nSPS) is 12.5. The Morgan fingerprint density at radius 3 is 2.36 bits per heavy atom. The summed E-state index contributed by atoms with van der Waals surface area (Å²) >= 11 is 0. The van der Waals surface area contributed by atoms with Crippen molar-refractivity contribution in [2.75, 3.05) is 0 Å². The number of ketones is 1. The monoisotopic (exact) mass is 674 g/mol. The predicted octanol–water partition coefficient (Wildman–Crippen LogP) is 5.23. The Bertz CT molecular complexity index is 1440. The quantitative estimate of drug-likeness (QED) is 0.139. The maximum absolute atomic E-state index is 10.0. The molecular weight excluding hydrogens is 645 g/mol. The van der Waals surface area contributed by atoms with Gasteiger partial charge in [0.25, 0.3) is 0 Å². The molecule has 2 aromatic carbocycles. The van der Waals surface area contributed by atoms with Crippen molar-refractivity contribution in [3.05, 3.63) is 78.2 Å². The van der Waals surface area contributed by atoms with E-state index in [0.29, 0.717) is 0 Å².